The zero-order valence-electron chi connectivity index (χ0n) is 3.46. The Bertz CT molecular complexity index is 0. The normalized spacial score (nSPS) is 1.33. The minimum Gasteiger partial charge on any atom is 0 e. The van der Waals surface area contributed by atoms with Gasteiger partial charge in [-0.05, 0) is 0 Å². The van der Waals surface area contributed by atoms with E-state index < -0.39 is 0 Å². The molecular formula is B6. The molecule has 0 amide bonds. The SMILES string of the molecule is [B].[B].[B][B].[B][B]. The zero-order chi connectivity index (χ0) is 4.00. The van der Waals surface area contributed by atoms with Crippen molar-refractivity contribution in [1.82, 2.24) is 0 Å². The summed E-state index contributed by atoms with van der Waals surface area (Å²) in [5.74, 6) is 0. The first-order valence-electron chi connectivity index (χ1n) is 0.667. The van der Waals surface area contributed by atoms with E-state index >= 15 is 0 Å². The molecule has 0 aromatic heterocycles. The molecule has 0 fully saturated rings. The summed E-state index contributed by atoms with van der Waals surface area (Å²) in [5.41, 5.74) is 0. The smallest absolute Gasteiger partial charge is 0 e. The average molecular weight is 64.9 g/mol. The van der Waals surface area contributed by atoms with Crippen LogP contribution in [0.2, 0.25) is 0 Å². The van der Waals surface area contributed by atoms with Crippen LogP contribution in [0, 0.1) is 0 Å². The molecule has 0 heterocycles. The molecule has 14 radical (unpaired) electrons. The highest BCUT2D eigenvalue weighted by molar-refractivity contribution is 6.76. The molecule has 0 aliphatic carbocycles. The first-order valence-corrected chi connectivity index (χ1v) is 0.667. The molecular weight excluding hydrogens is 64.9 g/mol. The van der Waals surface area contributed by atoms with Crippen molar-refractivity contribution in [3.8, 4) is 0 Å². The highest BCUT2D eigenvalue weighted by Gasteiger charge is 1.00. The fraction of sp³-hybridized carbons (Fsp3) is 0. The van der Waals surface area contributed by atoms with E-state index in [1.165, 1.54) is 0 Å². The lowest BCUT2D eigenvalue weighted by atomic mass is 9.81. The van der Waals surface area contributed by atoms with Gasteiger partial charge in [0.25, 0.3) is 0 Å². The van der Waals surface area contributed by atoms with Crippen molar-refractivity contribution in [2.45, 2.75) is 0 Å². The Labute approximate surface area is 48.6 Å². The average Bonchev–Trinajstić information content (AvgIpc) is 1.50. The molecule has 0 saturated heterocycles. The lowest BCUT2D eigenvalue weighted by Crippen LogP contribution is -1.38. The van der Waals surface area contributed by atoms with Crippen molar-refractivity contribution in [1.29, 1.82) is 0 Å². The highest BCUT2D eigenvalue weighted by Crippen LogP contribution is 0.621. The fourth-order valence-electron chi connectivity index (χ4n) is 0. The maximum absolute atomic E-state index is 4.00. The molecule has 0 aliphatic heterocycles. The minimum atomic E-state index is 0. The van der Waals surface area contributed by atoms with Crippen molar-refractivity contribution in [2.75, 3.05) is 0 Å². The van der Waals surface area contributed by atoms with Crippen LogP contribution in [0.1, 0.15) is 0 Å². The maximum atomic E-state index is 4.00. The molecule has 0 rings (SSSR count). The van der Waals surface area contributed by atoms with E-state index in [4.69, 9.17) is 0 Å². The lowest BCUT2D eigenvalue weighted by Gasteiger charge is -1.00. The van der Waals surface area contributed by atoms with Crippen LogP contribution in [0.15, 0.2) is 0 Å². The maximum Gasteiger partial charge on any atom is 0 e. The third kappa shape index (κ3) is 332. The van der Waals surface area contributed by atoms with Gasteiger partial charge < -0.3 is 0 Å². The van der Waals surface area contributed by atoms with Crippen molar-refractivity contribution >= 4 is 47.8 Å². The monoisotopic (exact) mass is 66.1 g/mol. The van der Waals surface area contributed by atoms with E-state index in [2.05, 4.69) is 30.9 Å². The number of hydrogen-bond donors (Lipinski definition) is 0. The summed E-state index contributed by atoms with van der Waals surface area (Å²) in [6.07, 6.45) is 0. The molecule has 0 spiro atoms. The number of rotatable bonds is 0. The van der Waals surface area contributed by atoms with Crippen LogP contribution in [0.4, 0.5) is 0 Å². The molecule has 18 valence electrons. The van der Waals surface area contributed by atoms with Crippen LogP contribution in [0.25, 0.3) is 0 Å². The van der Waals surface area contributed by atoms with Gasteiger partial charge in [-0.15, -0.1) is 0 Å². The summed E-state index contributed by atoms with van der Waals surface area (Å²) in [6.45, 7) is 0. The van der Waals surface area contributed by atoms with Gasteiger partial charge in [-0.3, -0.25) is 0 Å². The van der Waals surface area contributed by atoms with Crippen LogP contribution < -0.4 is 0 Å². The van der Waals surface area contributed by atoms with Gasteiger partial charge in [0.05, 0.1) is 0 Å². The predicted octanol–water partition coefficient (Wildman–Crippen LogP) is -2.28. The Morgan fingerprint density at radius 2 is 0.500 bits per heavy atom. The van der Waals surface area contributed by atoms with Crippen LogP contribution in [-0.4, -0.2) is 47.8 Å². The van der Waals surface area contributed by atoms with Gasteiger partial charge in [0.15, 0.2) is 0 Å². The van der Waals surface area contributed by atoms with Gasteiger partial charge in [-0.2, -0.15) is 0 Å². The standard InChI is InChI=1S/2B2.2B/c2*1-2;;. The first-order chi connectivity index (χ1) is 2.00. The molecule has 0 nitrogen and oxygen atoms in total. The molecule has 0 N–H and O–H groups in total. The summed E-state index contributed by atoms with van der Waals surface area (Å²) in [4.78, 5) is 0. The third-order valence-electron chi connectivity index (χ3n) is 0. The largest absolute Gasteiger partial charge is 0 e. The minimum absolute atomic E-state index is 0. The van der Waals surface area contributed by atoms with E-state index in [1.54, 1.807) is 0 Å². The summed E-state index contributed by atoms with van der Waals surface area (Å²) in [7, 11) is 16.0. The van der Waals surface area contributed by atoms with Gasteiger partial charge >= 0.3 is 0 Å². The molecule has 0 saturated carbocycles. The van der Waals surface area contributed by atoms with E-state index in [1.807, 2.05) is 0 Å². The van der Waals surface area contributed by atoms with Gasteiger partial charge in [-0.25, -0.2) is 0 Å². The van der Waals surface area contributed by atoms with E-state index in [0.29, 0.717) is 0 Å². The van der Waals surface area contributed by atoms with Crippen molar-refractivity contribution < 1.29 is 0 Å². The van der Waals surface area contributed by atoms with Gasteiger partial charge in [-0.1, -0.05) is 0 Å². The highest BCUT2D eigenvalue weighted by atomic mass is 11.8. The molecule has 6 heavy (non-hydrogen) atoms. The predicted molar refractivity (Wildman–Crippen MR) is 34.5 cm³/mol. The summed E-state index contributed by atoms with van der Waals surface area (Å²) in [6, 6.07) is 0. The zero-order valence-corrected chi connectivity index (χ0v) is 3.46. The molecule has 0 unspecified atom stereocenters. The molecule has 0 atom stereocenters. The summed E-state index contributed by atoms with van der Waals surface area (Å²) in [5, 5.41) is 0. The Morgan fingerprint density at radius 3 is 0.500 bits per heavy atom. The Balaban J connectivity index is -0.00000000500. The second-order valence-corrected chi connectivity index (χ2v) is 0. The quantitative estimate of drug-likeness (QED) is 0.279. The molecule has 0 aliphatic rings. The Hall–Kier alpha value is 0.390. The third-order valence-corrected chi connectivity index (χ3v) is 0. The summed E-state index contributed by atoms with van der Waals surface area (Å²) < 4.78 is 0. The van der Waals surface area contributed by atoms with Crippen LogP contribution >= 0.6 is 0 Å². The van der Waals surface area contributed by atoms with Crippen LogP contribution in [0.5, 0.6) is 0 Å². The van der Waals surface area contributed by atoms with Crippen molar-refractivity contribution in [3.63, 3.8) is 0 Å². The fourth-order valence-corrected chi connectivity index (χ4v) is 0. The van der Waals surface area contributed by atoms with Crippen LogP contribution in [-0.2, 0) is 0 Å². The lowest BCUT2D eigenvalue weighted by molar-refractivity contribution is 4.75. The molecule has 0 aromatic rings. The first kappa shape index (κ1) is 32.5. The second-order valence-electron chi connectivity index (χ2n) is 0. The Morgan fingerprint density at radius 1 is 0.500 bits per heavy atom. The van der Waals surface area contributed by atoms with E-state index in [-0.39, 0.29) is 16.8 Å². The number of hydrogen-bond acceptors (Lipinski definition) is 0. The van der Waals surface area contributed by atoms with Crippen LogP contribution in [0.3, 0.4) is 0 Å². The van der Waals surface area contributed by atoms with E-state index in [9.17, 15) is 0 Å². The van der Waals surface area contributed by atoms with Crippen molar-refractivity contribution in [3.05, 3.63) is 0 Å². The molecule has 6 heteroatoms. The van der Waals surface area contributed by atoms with E-state index in [0.717, 1.165) is 0 Å². The van der Waals surface area contributed by atoms with Gasteiger partial charge in [0.2, 0.25) is 0 Å². The van der Waals surface area contributed by atoms with Gasteiger partial charge in [0.1, 0.15) is 0 Å². The second kappa shape index (κ2) is 684. The summed E-state index contributed by atoms with van der Waals surface area (Å²) >= 11 is 0. The molecule has 0 aromatic carbocycles. The van der Waals surface area contributed by atoms with Gasteiger partial charge in [0, 0.05) is 47.8 Å². The topological polar surface area (TPSA) is 0 Å². The Kier molecular flexibility index (Phi) is 3710. The van der Waals surface area contributed by atoms with Crippen molar-refractivity contribution in [2.24, 2.45) is 0 Å². The molecule has 0 bridgehead atoms.